The van der Waals surface area contributed by atoms with Gasteiger partial charge in [-0.3, -0.25) is 9.78 Å². The second kappa shape index (κ2) is 6.48. The lowest BCUT2D eigenvalue weighted by Crippen LogP contribution is -2.17. The predicted octanol–water partition coefficient (Wildman–Crippen LogP) is 0.626. The molecular formula is C15H17N5O2. The highest BCUT2D eigenvalue weighted by Gasteiger charge is 2.19. The first-order valence-corrected chi connectivity index (χ1v) is 7.14. The van der Waals surface area contributed by atoms with E-state index in [9.17, 15) is 4.79 Å². The summed E-state index contributed by atoms with van der Waals surface area (Å²) in [4.78, 5) is 23.8. The summed E-state index contributed by atoms with van der Waals surface area (Å²) in [7, 11) is 0. The van der Waals surface area contributed by atoms with Crippen LogP contribution < -0.4 is 15.8 Å². The predicted molar refractivity (Wildman–Crippen MR) is 80.3 cm³/mol. The van der Waals surface area contributed by atoms with Crippen LogP contribution in [0.2, 0.25) is 0 Å². The van der Waals surface area contributed by atoms with Gasteiger partial charge in [0, 0.05) is 30.4 Å². The third-order valence-electron chi connectivity index (χ3n) is 3.63. The zero-order valence-electron chi connectivity index (χ0n) is 12.0. The van der Waals surface area contributed by atoms with Crippen molar-refractivity contribution in [2.75, 3.05) is 19.7 Å². The van der Waals surface area contributed by atoms with Gasteiger partial charge < -0.3 is 15.8 Å². The molecule has 0 aliphatic carbocycles. The zero-order valence-corrected chi connectivity index (χ0v) is 12.0. The molecule has 114 valence electrons. The highest BCUT2D eigenvalue weighted by molar-refractivity contribution is 5.98. The number of carbonyl (C=O) groups excluding carboxylic acids is 1. The second-order valence-corrected chi connectivity index (χ2v) is 5.18. The van der Waals surface area contributed by atoms with Crippen molar-refractivity contribution in [2.45, 2.75) is 6.42 Å². The summed E-state index contributed by atoms with van der Waals surface area (Å²) < 4.78 is 5.84. The number of primary amides is 1. The number of nitrogens with two attached hydrogens (primary N) is 1. The van der Waals surface area contributed by atoms with Crippen LogP contribution >= 0.6 is 0 Å². The van der Waals surface area contributed by atoms with Gasteiger partial charge in [0.15, 0.2) is 0 Å². The summed E-state index contributed by atoms with van der Waals surface area (Å²) in [5, 5.41) is 3.30. The Hall–Kier alpha value is -2.54. The summed E-state index contributed by atoms with van der Waals surface area (Å²) in [6.45, 7) is 2.53. The van der Waals surface area contributed by atoms with Crippen LogP contribution in [0.3, 0.4) is 0 Å². The molecule has 3 heterocycles. The fourth-order valence-corrected chi connectivity index (χ4v) is 2.49. The maximum atomic E-state index is 11.5. The number of nitrogens with zero attached hydrogens (tertiary/aromatic N) is 3. The van der Waals surface area contributed by atoms with Crippen LogP contribution in [-0.2, 0) is 0 Å². The molecule has 7 heteroatoms. The lowest BCUT2D eigenvalue weighted by molar-refractivity contribution is 0.0996. The van der Waals surface area contributed by atoms with Crippen LogP contribution in [-0.4, -0.2) is 40.6 Å². The van der Waals surface area contributed by atoms with Gasteiger partial charge in [-0.05, 0) is 19.0 Å². The molecule has 22 heavy (non-hydrogen) atoms. The van der Waals surface area contributed by atoms with E-state index in [-0.39, 0.29) is 5.69 Å². The summed E-state index contributed by atoms with van der Waals surface area (Å²) in [6.07, 6.45) is 5.64. The molecular weight excluding hydrogens is 282 g/mol. The number of pyridine rings is 1. The normalized spacial score (nSPS) is 17.4. The van der Waals surface area contributed by atoms with Crippen molar-refractivity contribution in [2.24, 2.45) is 11.7 Å². The molecule has 1 aliphatic rings. The number of nitrogens with one attached hydrogen (secondary N) is 1. The molecule has 1 saturated heterocycles. The van der Waals surface area contributed by atoms with Crippen molar-refractivity contribution >= 4 is 5.91 Å². The summed E-state index contributed by atoms with van der Waals surface area (Å²) in [5.41, 5.74) is 6.77. The molecule has 7 nitrogen and oxygen atoms in total. The average molecular weight is 299 g/mol. The number of hydrogen-bond donors (Lipinski definition) is 2. The van der Waals surface area contributed by atoms with Crippen molar-refractivity contribution in [1.29, 1.82) is 0 Å². The van der Waals surface area contributed by atoms with E-state index >= 15 is 0 Å². The minimum absolute atomic E-state index is 0.185. The number of carbonyl (C=O) groups is 1. The zero-order chi connectivity index (χ0) is 15.4. The molecule has 0 aromatic carbocycles. The van der Waals surface area contributed by atoms with Gasteiger partial charge in [0.1, 0.15) is 12.0 Å². The van der Waals surface area contributed by atoms with Crippen molar-refractivity contribution in [3.05, 3.63) is 36.5 Å². The molecule has 0 spiro atoms. The van der Waals surface area contributed by atoms with E-state index in [0.717, 1.165) is 19.5 Å². The number of hydrogen-bond acceptors (Lipinski definition) is 6. The van der Waals surface area contributed by atoms with Gasteiger partial charge in [-0.2, -0.15) is 0 Å². The van der Waals surface area contributed by atoms with Gasteiger partial charge in [0.25, 0.3) is 5.91 Å². The Morgan fingerprint density at radius 3 is 3.09 bits per heavy atom. The summed E-state index contributed by atoms with van der Waals surface area (Å²) >= 11 is 0. The molecule has 2 aromatic rings. The summed E-state index contributed by atoms with van der Waals surface area (Å²) in [5.74, 6) is 0.315. The third kappa shape index (κ3) is 3.04. The molecule has 0 saturated carbocycles. The van der Waals surface area contributed by atoms with Crippen molar-refractivity contribution < 1.29 is 9.53 Å². The Kier molecular flexibility index (Phi) is 4.24. The fourth-order valence-electron chi connectivity index (χ4n) is 2.49. The van der Waals surface area contributed by atoms with E-state index in [0.29, 0.717) is 29.5 Å². The van der Waals surface area contributed by atoms with E-state index in [2.05, 4.69) is 20.3 Å². The second-order valence-electron chi connectivity index (χ2n) is 5.18. The minimum atomic E-state index is -0.592. The first-order chi connectivity index (χ1) is 10.8. The number of rotatable bonds is 5. The first kappa shape index (κ1) is 14.4. The lowest BCUT2D eigenvalue weighted by Gasteiger charge is -2.13. The molecule has 0 bridgehead atoms. The Balaban J connectivity index is 1.89. The van der Waals surface area contributed by atoms with Gasteiger partial charge in [-0.1, -0.05) is 6.07 Å². The van der Waals surface area contributed by atoms with E-state index in [1.54, 1.807) is 18.3 Å². The van der Waals surface area contributed by atoms with Crippen molar-refractivity contribution in [3.63, 3.8) is 0 Å². The van der Waals surface area contributed by atoms with Crippen molar-refractivity contribution in [1.82, 2.24) is 20.3 Å². The molecule has 3 N–H and O–H groups in total. The average Bonchev–Trinajstić information content (AvgIpc) is 3.06. The highest BCUT2D eigenvalue weighted by atomic mass is 16.5. The summed E-state index contributed by atoms with van der Waals surface area (Å²) in [6, 6.07) is 3.50. The van der Waals surface area contributed by atoms with E-state index in [4.69, 9.17) is 10.5 Å². The molecule has 2 aromatic heterocycles. The van der Waals surface area contributed by atoms with Gasteiger partial charge in [-0.15, -0.1) is 0 Å². The Labute approximate surface area is 127 Å². The number of aromatic nitrogens is 3. The standard InChI is InChI=1S/C15H17N5O2/c16-14(21)13-11(2-1-4-19-13)12-7-18-9-20-15(12)22-8-10-3-5-17-6-10/h1-2,4,7,9-10,17H,3,5-6,8H2,(H2,16,21). The number of ether oxygens (including phenoxy) is 1. The van der Waals surface area contributed by atoms with Crippen LogP contribution in [0.15, 0.2) is 30.9 Å². The van der Waals surface area contributed by atoms with Crippen LogP contribution in [0, 0.1) is 5.92 Å². The topological polar surface area (TPSA) is 103 Å². The largest absolute Gasteiger partial charge is 0.477 e. The minimum Gasteiger partial charge on any atom is -0.477 e. The van der Waals surface area contributed by atoms with E-state index in [1.807, 2.05) is 0 Å². The molecule has 1 amide bonds. The maximum Gasteiger partial charge on any atom is 0.267 e. The number of amides is 1. The van der Waals surface area contributed by atoms with Crippen LogP contribution in [0.1, 0.15) is 16.9 Å². The Morgan fingerprint density at radius 1 is 1.41 bits per heavy atom. The third-order valence-corrected chi connectivity index (χ3v) is 3.63. The fraction of sp³-hybridized carbons (Fsp3) is 0.333. The van der Waals surface area contributed by atoms with Gasteiger partial charge in [0.2, 0.25) is 5.88 Å². The van der Waals surface area contributed by atoms with Gasteiger partial charge in [-0.25, -0.2) is 9.97 Å². The van der Waals surface area contributed by atoms with Crippen LogP contribution in [0.4, 0.5) is 0 Å². The molecule has 1 fully saturated rings. The van der Waals surface area contributed by atoms with Crippen LogP contribution in [0.5, 0.6) is 5.88 Å². The monoisotopic (exact) mass is 299 g/mol. The molecule has 3 rings (SSSR count). The molecule has 1 aliphatic heterocycles. The van der Waals surface area contributed by atoms with Crippen molar-refractivity contribution in [3.8, 4) is 17.0 Å². The Morgan fingerprint density at radius 2 is 2.32 bits per heavy atom. The molecule has 1 atom stereocenters. The Bertz CT molecular complexity index is 670. The van der Waals surface area contributed by atoms with Gasteiger partial charge >= 0.3 is 0 Å². The first-order valence-electron chi connectivity index (χ1n) is 7.14. The van der Waals surface area contributed by atoms with Gasteiger partial charge in [0.05, 0.1) is 12.2 Å². The lowest BCUT2D eigenvalue weighted by atomic mass is 10.1. The van der Waals surface area contributed by atoms with E-state index < -0.39 is 5.91 Å². The molecule has 1 unspecified atom stereocenters. The van der Waals surface area contributed by atoms with Crippen LogP contribution in [0.25, 0.3) is 11.1 Å². The highest BCUT2D eigenvalue weighted by Crippen LogP contribution is 2.29. The SMILES string of the molecule is NC(=O)c1ncccc1-c1cncnc1OCC1CCNC1. The quantitative estimate of drug-likeness (QED) is 0.839. The van der Waals surface area contributed by atoms with E-state index in [1.165, 1.54) is 12.5 Å². The maximum absolute atomic E-state index is 11.5. The smallest absolute Gasteiger partial charge is 0.267 e. The molecule has 0 radical (unpaired) electrons.